The zero-order chi connectivity index (χ0) is 16.0. The molecule has 1 rings (SSSR count). The van der Waals surface area contributed by atoms with Crippen molar-refractivity contribution in [3.8, 4) is 5.75 Å². The second-order valence-corrected chi connectivity index (χ2v) is 5.44. The average Bonchev–Trinajstić information content (AvgIpc) is 2.47. The summed E-state index contributed by atoms with van der Waals surface area (Å²) in [5.41, 5.74) is -0.0893. The molecule has 0 heterocycles. The zero-order valence-corrected chi connectivity index (χ0v) is 12.8. The highest BCUT2D eigenvalue weighted by Gasteiger charge is 2.22. The van der Waals surface area contributed by atoms with Crippen LogP contribution in [0, 0.1) is 10.1 Å². The third-order valence-electron chi connectivity index (χ3n) is 3.04. The first-order chi connectivity index (χ1) is 9.94. The van der Waals surface area contributed by atoms with Gasteiger partial charge in [0.15, 0.2) is 0 Å². The second-order valence-electron chi connectivity index (χ2n) is 4.36. The van der Waals surface area contributed by atoms with Crippen molar-refractivity contribution >= 4 is 23.4 Å². The van der Waals surface area contributed by atoms with Crippen LogP contribution < -0.4 is 10.1 Å². The number of aliphatic hydroxyl groups is 1. The molecule has 0 spiro atoms. The van der Waals surface area contributed by atoms with Crippen LogP contribution in [-0.4, -0.2) is 47.2 Å². The van der Waals surface area contributed by atoms with Crippen LogP contribution in [0.1, 0.15) is 17.3 Å². The van der Waals surface area contributed by atoms with Gasteiger partial charge in [-0.1, -0.05) is 0 Å². The van der Waals surface area contributed by atoms with E-state index in [2.05, 4.69) is 5.32 Å². The summed E-state index contributed by atoms with van der Waals surface area (Å²) in [5, 5.41) is 22.6. The van der Waals surface area contributed by atoms with Crippen molar-refractivity contribution in [1.29, 1.82) is 0 Å². The van der Waals surface area contributed by atoms with E-state index < -0.39 is 10.8 Å². The highest BCUT2D eigenvalue weighted by molar-refractivity contribution is 7.99. The van der Waals surface area contributed by atoms with Crippen LogP contribution in [0.4, 0.5) is 5.69 Å². The number of aliphatic hydroxyl groups excluding tert-OH is 1. The number of benzene rings is 1. The summed E-state index contributed by atoms with van der Waals surface area (Å²) in [6, 6.07) is 3.54. The molecule has 0 aliphatic heterocycles. The molecule has 0 aliphatic carbocycles. The topological polar surface area (TPSA) is 102 Å². The van der Waals surface area contributed by atoms with Gasteiger partial charge < -0.3 is 15.2 Å². The highest BCUT2D eigenvalue weighted by atomic mass is 32.2. The van der Waals surface area contributed by atoms with Crippen molar-refractivity contribution < 1.29 is 19.6 Å². The van der Waals surface area contributed by atoms with Crippen molar-refractivity contribution in [2.24, 2.45) is 0 Å². The number of amides is 1. The van der Waals surface area contributed by atoms with E-state index in [9.17, 15) is 20.0 Å². The SMILES string of the molecule is COc1ccc([N+](=O)[O-])cc1C(=O)NC(C)C(CO)SC. The molecule has 0 radical (unpaired) electrons. The lowest BCUT2D eigenvalue weighted by Gasteiger charge is -2.21. The fourth-order valence-corrected chi connectivity index (χ4v) is 2.43. The third-order valence-corrected chi connectivity index (χ3v) is 4.20. The number of thioether (sulfide) groups is 1. The number of carbonyl (C=O) groups is 1. The third kappa shape index (κ3) is 4.33. The lowest BCUT2D eigenvalue weighted by Crippen LogP contribution is -2.41. The summed E-state index contributed by atoms with van der Waals surface area (Å²) in [7, 11) is 1.39. The van der Waals surface area contributed by atoms with Gasteiger partial charge in [0.25, 0.3) is 11.6 Å². The predicted octanol–water partition coefficient (Wildman–Crippen LogP) is 1.45. The second kappa shape index (κ2) is 7.84. The van der Waals surface area contributed by atoms with Gasteiger partial charge in [-0.25, -0.2) is 0 Å². The maximum atomic E-state index is 12.2. The van der Waals surface area contributed by atoms with Crippen LogP contribution in [0.3, 0.4) is 0 Å². The number of hydrogen-bond acceptors (Lipinski definition) is 6. The first-order valence-corrected chi connectivity index (χ1v) is 7.50. The van der Waals surface area contributed by atoms with Crippen LogP contribution in [0.5, 0.6) is 5.75 Å². The summed E-state index contributed by atoms with van der Waals surface area (Å²) < 4.78 is 5.06. The number of carbonyl (C=O) groups excluding carboxylic acids is 1. The molecule has 0 saturated carbocycles. The Balaban J connectivity index is 3.00. The first-order valence-electron chi connectivity index (χ1n) is 6.21. The zero-order valence-electron chi connectivity index (χ0n) is 12.0. The Labute approximate surface area is 126 Å². The Morgan fingerprint density at radius 2 is 2.24 bits per heavy atom. The number of nitrogens with one attached hydrogen (secondary N) is 1. The minimum atomic E-state index is -0.571. The fourth-order valence-electron chi connectivity index (χ4n) is 1.80. The van der Waals surface area contributed by atoms with E-state index in [1.54, 1.807) is 6.92 Å². The highest BCUT2D eigenvalue weighted by Crippen LogP contribution is 2.24. The largest absolute Gasteiger partial charge is 0.496 e. The van der Waals surface area contributed by atoms with Crippen molar-refractivity contribution in [3.05, 3.63) is 33.9 Å². The molecule has 116 valence electrons. The van der Waals surface area contributed by atoms with Gasteiger partial charge in [0.2, 0.25) is 0 Å². The molecule has 0 aromatic heterocycles. The molecule has 0 saturated heterocycles. The summed E-state index contributed by atoms with van der Waals surface area (Å²) in [4.78, 5) is 22.5. The molecule has 0 bridgehead atoms. The molecule has 1 aromatic carbocycles. The molecule has 2 atom stereocenters. The fraction of sp³-hybridized carbons (Fsp3) is 0.462. The van der Waals surface area contributed by atoms with Gasteiger partial charge in [-0.15, -0.1) is 0 Å². The number of nitro benzene ring substituents is 1. The minimum absolute atomic E-state index is 0.0747. The van der Waals surface area contributed by atoms with Crippen molar-refractivity contribution in [3.63, 3.8) is 0 Å². The van der Waals surface area contributed by atoms with Crippen molar-refractivity contribution in [2.45, 2.75) is 18.2 Å². The van der Waals surface area contributed by atoms with Crippen LogP contribution in [0.15, 0.2) is 18.2 Å². The van der Waals surface area contributed by atoms with E-state index in [-0.39, 0.29) is 34.9 Å². The number of hydrogen-bond donors (Lipinski definition) is 2. The van der Waals surface area contributed by atoms with Gasteiger partial charge in [0.1, 0.15) is 5.75 Å². The maximum absolute atomic E-state index is 12.2. The molecule has 2 unspecified atom stereocenters. The molecule has 0 aliphatic rings. The quantitative estimate of drug-likeness (QED) is 0.583. The Hall–Kier alpha value is -1.80. The Morgan fingerprint density at radius 1 is 1.57 bits per heavy atom. The number of rotatable bonds is 7. The molecule has 1 aromatic rings. The maximum Gasteiger partial charge on any atom is 0.270 e. The van der Waals surface area contributed by atoms with Gasteiger partial charge in [-0.05, 0) is 19.2 Å². The summed E-state index contributed by atoms with van der Waals surface area (Å²) in [5.74, 6) is -0.217. The lowest BCUT2D eigenvalue weighted by molar-refractivity contribution is -0.384. The van der Waals surface area contributed by atoms with Gasteiger partial charge in [0, 0.05) is 23.4 Å². The Morgan fingerprint density at radius 3 is 2.71 bits per heavy atom. The van der Waals surface area contributed by atoms with Crippen LogP contribution in [0.2, 0.25) is 0 Å². The van der Waals surface area contributed by atoms with Crippen molar-refractivity contribution in [1.82, 2.24) is 5.32 Å². The molecule has 0 fully saturated rings. The van der Waals surface area contributed by atoms with E-state index in [1.807, 2.05) is 6.26 Å². The van der Waals surface area contributed by atoms with E-state index in [0.717, 1.165) is 0 Å². The van der Waals surface area contributed by atoms with Crippen molar-refractivity contribution in [2.75, 3.05) is 20.0 Å². The van der Waals surface area contributed by atoms with Gasteiger partial charge >= 0.3 is 0 Å². The number of methoxy groups -OCH3 is 1. The number of nitro groups is 1. The molecule has 21 heavy (non-hydrogen) atoms. The number of nitrogens with zero attached hydrogens (tertiary/aromatic N) is 1. The van der Waals surface area contributed by atoms with E-state index >= 15 is 0 Å². The first kappa shape index (κ1) is 17.3. The molecular weight excluding hydrogens is 296 g/mol. The monoisotopic (exact) mass is 314 g/mol. The van der Waals surface area contributed by atoms with Gasteiger partial charge in [-0.3, -0.25) is 14.9 Å². The Bertz CT molecular complexity index is 519. The van der Waals surface area contributed by atoms with E-state index in [4.69, 9.17) is 4.74 Å². The van der Waals surface area contributed by atoms with Gasteiger partial charge in [0.05, 0.1) is 24.2 Å². The van der Waals surface area contributed by atoms with Gasteiger partial charge in [-0.2, -0.15) is 11.8 Å². The minimum Gasteiger partial charge on any atom is -0.496 e. The molecular formula is C13H18N2O5S. The van der Waals surface area contributed by atoms with Crippen LogP contribution in [-0.2, 0) is 0 Å². The normalized spacial score (nSPS) is 13.3. The number of non-ortho nitro benzene ring substituents is 1. The van der Waals surface area contributed by atoms with E-state index in [0.29, 0.717) is 0 Å². The molecule has 2 N–H and O–H groups in total. The standard InChI is InChI=1S/C13H18N2O5S/c1-8(12(7-16)21-3)14-13(17)10-6-9(15(18)19)4-5-11(10)20-2/h4-6,8,12,16H,7H2,1-3H3,(H,14,17). The summed E-state index contributed by atoms with van der Waals surface area (Å²) >= 11 is 1.43. The predicted molar refractivity (Wildman–Crippen MR) is 81.0 cm³/mol. The van der Waals surface area contributed by atoms with Crippen LogP contribution in [0.25, 0.3) is 0 Å². The Kier molecular flexibility index (Phi) is 6.44. The summed E-state index contributed by atoms with van der Waals surface area (Å²) in [6.07, 6.45) is 1.83. The lowest BCUT2D eigenvalue weighted by atomic mass is 10.1. The molecule has 1 amide bonds. The van der Waals surface area contributed by atoms with E-state index in [1.165, 1.54) is 37.1 Å². The average molecular weight is 314 g/mol. The number of ether oxygens (including phenoxy) is 1. The molecule has 7 nitrogen and oxygen atoms in total. The smallest absolute Gasteiger partial charge is 0.270 e. The van der Waals surface area contributed by atoms with Crippen LogP contribution >= 0.6 is 11.8 Å². The summed E-state index contributed by atoms with van der Waals surface area (Å²) in [6.45, 7) is 1.69. The molecule has 8 heteroatoms.